The Morgan fingerprint density at radius 2 is 1.33 bits per heavy atom. The maximum absolute atomic E-state index is 11.1. The van der Waals surface area contributed by atoms with Crippen molar-refractivity contribution in [1.82, 2.24) is 0 Å². The number of rotatable bonds is 14. The highest BCUT2D eigenvalue weighted by Gasteiger charge is 2.06. The molecule has 0 aromatic carbocycles. The molecule has 0 spiro atoms. The molecule has 0 aliphatic rings. The van der Waals surface area contributed by atoms with Crippen LogP contribution >= 0.6 is 11.8 Å². The third-order valence-electron chi connectivity index (χ3n) is 3.04. The number of aliphatic hydroxyl groups excluding tert-OH is 1. The van der Waals surface area contributed by atoms with Crippen molar-refractivity contribution in [3.05, 3.63) is 24.3 Å². The van der Waals surface area contributed by atoms with E-state index in [1.807, 2.05) is 6.92 Å². The molecule has 0 saturated carbocycles. The van der Waals surface area contributed by atoms with Crippen molar-refractivity contribution in [3.63, 3.8) is 0 Å². The standard InChI is InChI=1S/C11H18O4.C10H16O4S/c1-4-7-14-10(12)6-5-8-15-11(13)9(2)3;1-8(2)10(13)14-6-3-4-9(12)15-7-5-11/h2,4-8H2,1,3H3;11H,1,3-7H2,2H3. The largest absolute Gasteiger partial charge is 0.466 e. The number of carbonyl (C=O) groups is 4. The van der Waals surface area contributed by atoms with E-state index in [4.69, 9.17) is 19.3 Å². The summed E-state index contributed by atoms with van der Waals surface area (Å²) in [7, 11) is 0. The number of esters is 3. The quantitative estimate of drug-likeness (QED) is 0.186. The van der Waals surface area contributed by atoms with Crippen LogP contribution in [0.1, 0.15) is 52.9 Å². The second-order valence-electron chi connectivity index (χ2n) is 6.20. The van der Waals surface area contributed by atoms with Gasteiger partial charge in [0.2, 0.25) is 0 Å². The summed E-state index contributed by atoms with van der Waals surface area (Å²) in [5, 5.41) is 8.48. The van der Waals surface area contributed by atoms with E-state index in [0.717, 1.165) is 18.2 Å². The lowest BCUT2D eigenvalue weighted by atomic mass is 10.3. The zero-order valence-corrected chi connectivity index (χ0v) is 19.0. The van der Waals surface area contributed by atoms with Crippen molar-refractivity contribution in [3.8, 4) is 0 Å². The molecule has 0 aromatic heterocycles. The molecule has 0 fully saturated rings. The molecule has 0 unspecified atom stereocenters. The second kappa shape index (κ2) is 20.2. The molecule has 0 aromatic rings. The van der Waals surface area contributed by atoms with Crippen molar-refractivity contribution < 1.29 is 38.5 Å². The van der Waals surface area contributed by atoms with E-state index in [1.165, 1.54) is 0 Å². The van der Waals surface area contributed by atoms with E-state index in [1.54, 1.807) is 13.8 Å². The van der Waals surface area contributed by atoms with E-state index in [9.17, 15) is 19.2 Å². The van der Waals surface area contributed by atoms with Crippen molar-refractivity contribution in [1.29, 1.82) is 0 Å². The molecule has 8 nitrogen and oxygen atoms in total. The van der Waals surface area contributed by atoms with Gasteiger partial charge in [0.25, 0.3) is 0 Å². The minimum atomic E-state index is -0.425. The Morgan fingerprint density at radius 1 is 0.833 bits per heavy atom. The molecule has 0 aliphatic carbocycles. The molecule has 0 rings (SSSR count). The monoisotopic (exact) mass is 446 g/mol. The van der Waals surface area contributed by atoms with Crippen LogP contribution < -0.4 is 0 Å². The van der Waals surface area contributed by atoms with Gasteiger partial charge in [0.05, 0.1) is 26.4 Å². The average molecular weight is 447 g/mol. The van der Waals surface area contributed by atoms with Crippen molar-refractivity contribution in [2.24, 2.45) is 0 Å². The maximum Gasteiger partial charge on any atom is 0.333 e. The first-order chi connectivity index (χ1) is 14.1. The van der Waals surface area contributed by atoms with Crippen molar-refractivity contribution in [2.75, 3.05) is 32.2 Å². The fourth-order valence-corrected chi connectivity index (χ4v) is 2.14. The summed E-state index contributed by atoms with van der Waals surface area (Å²) in [5.74, 6) is -0.671. The van der Waals surface area contributed by atoms with Gasteiger partial charge in [0.1, 0.15) is 0 Å². The molecule has 0 saturated heterocycles. The van der Waals surface area contributed by atoms with Crippen LogP contribution in [-0.4, -0.2) is 60.3 Å². The summed E-state index contributed by atoms with van der Waals surface area (Å²) in [6.45, 7) is 12.9. The van der Waals surface area contributed by atoms with Crippen LogP contribution in [0.5, 0.6) is 0 Å². The SMILES string of the molecule is C=C(C)C(=O)OCCCC(=O)OCCC.C=C(C)C(=O)OCCCC(=O)SCCO. The zero-order valence-electron chi connectivity index (χ0n) is 18.2. The molecule has 0 bridgehead atoms. The number of hydrogen-bond donors (Lipinski definition) is 1. The number of thioether (sulfide) groups is 1. The molecule has 0 atom stereocenters. The first-order valence-corrected chi connectivity index (χ1v) is 10.7. The van der Waals surface area contributed by atoms with Gasteiger partial charge in [0.15, 0.2) is 5.12 Å². The molecule has 9 heteroatoms. The molecule has 0 aliphatic heterocycles. The van der Waals surface area contributed by atoms with Gasteiger partial charge in [-0.2, -0.15) is 0 Å². The van der Waals surface area contributed by atoms with E-state index in [2.05, 4.69) is 13.2 Å². The van der Waals surface area contributed by atoms with Gasteiger partial charge in [-0.25, -0.2) is 9.59 Å². The highest BCUT2D eigenvalue weighted by atomic mass is 32.2. The number of carbonyl (C=O) groups excluding carboxylic acids is 4. The van der Waals surface area contributed by atoms with Crippen LogP contribution in [0.2, 0.25) is 0 Å². The highest BCUT2D eigenvalue weighted by molar-refractivity contribution is 8.13. The van der Waals surface area contributed by atoms with E-state index >= 15 is 0 Å². The fraction of sp³-hybridized carbons (Fsp3) is 0.619. The van der Waals surface area contributed by atoms with Crippen LogP contribution in [0.15, 0.2) is 24.3 Å². The van der Waals surface area contributed by atoms with E-state index in [-0.39, 0.29) is 37.3 Å². The lowest BCUT2D eigenvalue weighted by Gasteiger charge is -2.04. The minimum absolute atomic E-state index is 0.00104. The smallest absolute Gasteiger partial charge is 0.333 e. The molecule has 0 heterocycles. The summed E-state index contributed by atoms with van der Waals surface area (Å²) in [6, 6.07) is 0. The summed E-state index contributed by atoms with van der Waals surface area (Å²) >= 11 is 1.09. The van der Waals surface area contributed by atoms with Crippen molar-refractivity contribution >= 4 is 34.8 Å². The van der Waals surface area contributed by atoms with Gasteiger partial charge in [-0.05, 0) is 33.1 Å². The Hall–Kier alpha value is -2.13. The molecule has 0 amide bonds. The summed E-state index contributed by atoms with van der Waals surface area (Å²) in [6.07, 6.45) is 2.45. The third kappa shape index (κ3) is 20.6. The highest BCUT2D eigenvalue weighted by Crippen LogP contribution is 2.07. The molecular formula is C21H34O8S. The van der Waals surface area contributed by atoms with Gasteiger partial charge in [-0.1, -0.05) is 31.8 Å². The van der Waals surface area contributed by atoms with Gasteiger partial charge in [-0.3, -0.25) is 9.59 Å². The second-order valence-corrected chi connectivity index (χ2v) is 7.36. The Kier molecular flexibility index (Phi) is 20.2. The van der Waals surface area contributed by atoms with E-state index < -0.39 is 11.9 Å². The molecule has 0 radical (unpaired) electrons. The zero-order chi connectivity index (χ0) is 23.4. The first kappa shape index (κ1) is 30.1. The van der Waals surface area contributed by atoms with Crippen LogP contribution in [0.3, 0.4) is 0 Å². The first-order valence-electron chi connectivity index (χ1n) is 9.73. The number of hydrogen-bond acceptors (Lipinski definition) is 9. The van der Waals surface area contributed by atoms with Crippen LogP contribution in [0.4, 0.5) is 0 Å². The van der Waals surface area contributed by atoms with Crippen molar-refractivity contribution in [2.45, 2.75) is 52.9 Å². The Bertz CT molecular complexity index is 521. The molecule has 1 N–H and O–H groups in total. The lowest BCUT2D eigenvalue weighted by Crippen LogP contribution is -2.09. The van der Waals surface area contributed by atoms with Crippen LogP contribution in [0.25, 0.3) is 0 Å². The minimum Gasteiger partial charge on any atom is -0.466 e. The van der Waals surface area contributed by atoms with Crippen LogP contribution in [0, 0.1) is 0 Å². The Labute approximate surface area is 183 Å². The maximum atomic E-state index is 11.1. The van der Waals surface area contributed by atoms with Gasteiger partial charge in [0, 0.05) is 29.7 Å². The fourth-order valence-electron chi connectivity index (χ4n) is 1.53. The van der Waals surface area contributed by atoms with Crippen LogP contribution in [-0.2, 0) is 33.4 Å². The molecule has 172 valence electrons. The Balaban J connectivity index is 0. The van der Waals surface area contributed by atoms with E-state index in [0.29, 0.717) is 42.8 Å². The van der Waals surface area contributed by atoms with Gasteiger partial charge < -0.3 is 19.3 Å². The third-order valence-corrected chi connectivity index (χ3v) is 3.95. The molecular weight excluding hydrogens is 412 g/mol. The predicted octanol–water partition coefficient (Wildman–Crippen LogP) is 2.98. The number of aliphatic hydroxyl groups is 1. The van der Waals surface area contributed by atoms with Gasteiger partial charge >= 0.3 is 17.9 Å². The predicted molar refractivity (Wildman–Crippen MR) is 116 cm³/mol. The number of ether oxygens (including phenoxy) is 3. The topological polar surface area (TPSA) is 116 Å². The average Bonchev–Trinajstić information content (AvgIpc) is 2.71. The van der Waals surface area contributed by atoms with Gasteiger partial charge in [-0.15, -0.1) is 0 Å². The summed E-state index contributed by atoms with van der Waals surface area (Å²) in [5.41, 5.74) is 0.722. The summed E-state index contributed by atoms with van der Waals surface area (Å²) < 4.78 is 14.5. The normalized spacial score (nSPS) is 9.60. The Morgan fingerprint density at radius 3 is 1.77 bits per heavy atom. The lowest BCUT2D eigenvalue weighted by molar-refractivity contribution is -0.146. The molecule has 30 heavy (non-hydrogen) atoms. The summed E-state index contributed by atoms with van der Waals surface area (Å²) in [4.78, 5) is 43.9.